The summed E-state index contributed by atoms with van der Waals surface area (Å²) in [5.74, 6) is 1.98. The van der Waals surface area contributed by atoms with Gasteiger partial charge in [0, 0.05) is 67.1 Å². The molecule has 0 amide bonds. The number of benzene rings is 2. The van der Waals surface area contributed by atoms with Gasteiger partial charge in [0.05, 0.1) is 34.2 Å². The first-order valence-electron chi connectivity index (χ1n) is 13.2. The Morgan fingerprint density at radius 1 is 0.615 bits per heavy atom. The molecule has 0 radical (unpaired) electrons. The average Bonchev–Trinajstić information content (AvgIpc) is 3.77. The van der Waals surface area contributed by atoms with E-state index in [-0.39, 0.29) is 28.5 Å². The maximum absolute atomic E-state index is 4.54. The summed E-state index contributed by atoms with van der Waals surface area (Å²) in [6, 6.07) is 21.8. The number of aliphatic imine (C=N–C) groups is 2. The Morgan fingerprint density at radius 2 is 1.05 bits per heavy atom. The molecule has 5 aromatic rings. The minimum Gasteiger partial charge on any atom is -0.368 e. The number of rotatable bonds is 4. The molecule has 0 aliphatic carbocycles. The second-order valence-corrected chi connectivity index (χ2v) is 9.53. The molecule has 0 fully saturated rings. The largest absolute Gasteiger partial charge is 0.368 e. The molecule has 0 spiro atoms. The molecule has 0 saturated carbocycles. The molecule has 0 unspecified atom stereocenters. The Morgan fingerprint density at radius 3 is 1.44 bits per heavy atom. The molecule has 3 aromatic heterocycles. The first kappa shape index (κ1) is 30.4. The van der Waals surface area contributed by atoms with Gasteiger partial charge in [0.1, 0.15) is 11.7 Å². The number of nitrogens with one attached hydrogen (secondary N) is 4. The van der Waals surface area contributed by atoms with Crippen LogP contribution in [-0.2, 0) is 21.1 Å². The van der Waals surface area contributed by atoms with Crippen molar-refractivity contribution in [3.63, 3.8) is 0 Å². The fraction of sp³-hybridized carbons (Fsp3) is 0.258. The van der Waals surface area contributed by atoms with E-state index in [0.717, 1.165) is 71.4 Å². The van der Waals surface area contributed by atoms with E-state index in [1.807, 2.05) is 27.7 Å². The molecule has 4 N–H and O–H groups in total. The number of hydrogen-bond acceptors (Lipinski definition) is 5. The predicted octanol–water partition coefficient (Wildman–Crippen LogP) is 7.24. The molecule has 6 nitrogen and oxygen atoms in total. The predicted molar refractivity (Wildman–Crippen MR) is 167 cm³/mol. The third kappa shape index (κ3) is 6.20. The fourth-order valence-electron chi connectivity index (χ4n) is 4.62. The van der Waals surface area contributed by atoms with Crippen LogP contribution in [0.4, 0.5) is 0 Å². The van der Waals surface area contributed by atoms with Crippen molar-refractivity contribution < 1.29 is 21.1 Å². The van der Waals surface area contributed by atoms with Crippen LogP contribution in [0, 0.1) is 7.43 Å². The molecule has 2 aromatic carbocycles. The number of amidine groups is 2. The van der Waals surface area contributed by atoms with Gasteiger partial charge in [0.25, 0.3) is 0 Å². The standard InChI is InChI=1S/C26H22N6S.2C2H6.CH3.W/c1-3-17(25-27-7-8-28-25)13-19-15(1)11-21(31-19)23-5-6-24(33-23)22-12-16-2-4-18(14-20(16)32-22)26-29-9-10-30-26;2*1-2;;/h1-6,11-14,31-32H,7-10H2,(H,27,28)(H,29,30);2*1-2H3;1H3;/q;;;-1;. The summed E-state index contributed by atoms with van der Waals surface area (Å²) >= 11 is 1.79. The van der Waals surface area contributed by atoms with Gasteiger partial charge in [-0.25, -0.2) is 0 Å². The second-order valence-electron chi connectivity index (χ2n) is 8.45. The smallest absolute Gasteiger partial charge is 0.128 e. The van der Waals surface area contributed by atoms with Gasteiger partial charge in [-0.05, 0) is 36.4 Å². The van der Waals surface area contributed by atoms with Crippen LogP contribution in [0.25, 0.3) is 42.9 Å². The molecule has 8 heteroatoms. The van der Waals surface area contributed by atoms with Gasteiger partial charge in [-0.2, -0.15) is 0 Å². The zero-order chi connectivity index (χ0) is 25.8. The van der Waals surface area contributed by atoms with Gasteiger partial charge in [0.2, 0.25) is 0 Å². The quantitative estimate of drug-likeness (QED) is 0.149. The molecule has 0 atom stereocenters. The van der Waals surface area contributed by atoms with Crippen molar-refractivity contribution in [2.45, 2.75) is 27.7 Å². The Bertz CT molecular complexity index is 1470. The van der Waals surface area contributed by atoms with Crippen LogP contribution in [0.15, 0.2) is 70.6 Å². The fourth-order valence-corrected chi connectivity index (χ4v) is 5.57. The van der Waals surface area contributed by atoms with E-state index in [1.54, 1.807) is 11.3 Å². The van der Waals surface area contributed by atoms with E-state index in [0.29, 0.717) is 0 Å². The maximum Gasteiger partial charge on any atom is 0.128 e. The first-order chi connectivity index (χ1) is 18.3. The molecule has 0 saturated heterocycles. The minimum absolute atomic E-state index is 0. The molecular weight excluding hydrogens is 672 g/mol. The van der Waals surface area contributed by atoms with E-state index in [4.69, 9.17) is 0 Å². The molecule has 0 bridgehead atoms. The molecule has 2 aliphatic rings. The van der Waals surface area contributed by atoms with Crippen LogP contribution in [-0.4, -0.2) is 47.8 Å². The van der Waals surface area contributed by atoms with E-state index in [2.05, 4.69) is 91.3 Å². The van der Waals surface area contributed by atoms with Gasteiger partial charge in [-0.1, -0.05) is 52.0 Å². The molecular formula is C31H37N6SW-. The Balaban J connectivity index is 0.000000672. The van der Waals surface area contributed by atoms with Gasteiger partial charge in [0.15, 0.2) is 0 Å². The van der Waals surface area contributed by atoms with Crippen molar-refractivity contribution >= 4 is 44.8 Å². The monoisotopic (exact) mass is 709 g/mol. The topological polar surface area (TPSA) is 80.4 Å². The maximum atomic E-state index is 4.54. The van der Waals surface area contributed by atoms with Gasteiger partial charge in [-0.3, -0.25) is 9.98 Å². The molecule has 204 valence electrons. The number of hydrogen-bond donors (Lipinski definition) is 4. The van der Waals surface area contributed by atoms with Crippen molar-refractivity contribution in [1.29, 1.82) is 0 Å². The van der Waals surface area contributed by atoms with Crippen molar-refractivity contribution in [2.24, 2.45) is 9.98 Å². The summed E-state index contributed by atoms with van der Waals surface area (Å²) in [7, 11) is 0. The van der Waals surface area contributed by atoms with Crippen LogP contribution in [0.5, 0.6) is 0 Å². The van der Waals surface area contributed by atoms with Crippen LogP contribution in [0.1, 0.15) is 38.8 Å². The van der Waals surface area contributed by atoms with Gasteiger partial charge >= 0.3 is 0 Å². The number of fused-ring (bicyclic) bond motifs is 2. The SMILES string of the molecule is CC.CC.[CH3-].[W].c1cc2cc(-c3ccc(-c4cc5ccc(C6=NCCN6)cc5[nH]4)s3)[nH]c2cc1C1=NCCN1. The summed E-state index contributed by atoms with van der Waals surface area (Å²) in [5.41, 5.74) is 6.82. The number of H-pyrrole nitrogens is 2. The van der Waals surface area contributed by atoms with Crippen LogP contribution in [0.3, 0.4) is 0 Å². The van der Waals surface area contributed by atoms with Crippen molar-refractivity contribution in [2.75, 3.05) is 26.2 Å². The zero-order valence-electron chi connectivity index (χ0n) is 23.3. The van der Waals surface area contributed by atoms with E-state index in [9.17, 15) is 0 Å². The average molecular weight is 710 g/mol. The van der Waals surface area contributed by atoms with Crippen LogP contribution < -0.4 is 10.6 Å². The molecule has 5 heterocycles. The van der Waals surface area contributed by atoms with Crippen molar-refractivity contribution in [1.82, 2.24) is 20.6 Å². The van der Waals surface area contributed by atoms with Gasteiger partial charge in [-0.15, -0.1) is 11.3 Å². The molecule has 39 heavy (non-hydrogen) atoms. The summed E-state index contributed by atoms with van der Waals surface area (Å²) in [4.78, 5) is 18.7. The Labute approximate surface area is 249 Å². The van der Waals surface area contributed by atoms with Crippen LogP contribution >= 0.6 is 11.3 Å². The van der Waals surface area contributed by atoms with E-state index in [1.165, 1.54) is 20.5 Å². The second kappa shape index (κ2) is 13.8. The number of nitrogens with zero attached hydrogens (tertiary/aromatic N) is 2. The number of aromatic amines is 2. The number of thiophene rings is 1. The molecule has 7 rings (SSSR count). The third-order valence-corrected chi connectivity index (χ3v) is 7.43. The van der Waals surface area contributed by atoms with Crippen molar-refractivity contribution in [3.8, 4) is 21.1 Å². The summed E-state index contributed by atoms with van der Waals surface area (Å²) in [5, 5.41) is 9.13. The summed E-state index contributed by atoms with van der Waals surface area (Å²) in [6.07, 6.45) is 0. The number of aromatic nitrogens is 2. The zero-order valence-corrected chi connectivity index (χ0v) is 27.1. The van der Waals surface area contributed by atoms with E-state index >= 15 is 0 Å². The first-order valence-corrected chi connectivity index (χ1v) is 14.1. The normalized spacial score (nSPS) is 13.5. The molecule has 2 aliphatic heterocycles. The third-order valence-electron chi connectivity index (χ3n) is 6.28. The Kier molecular flexibility index (Phi) is 10.7. The summed E-state index contributed by atoms with van der Waals surface area (Å²) in [6.45, 7) is 11.5. The van der Waals surface area contributed by atoms with Crippen LogP contribution in [0.2, 0.25) is 0 Å². The van der Waals surface area contributed by atoms with Crippen molar-refractivity contribution in [3.05, 3.63) is 79.2 Å². The van der Waals surface area contributed by atoms with Gasteiger partial charge < -0.3 is 28.0 Å². The van der Waals surface area contributed by atoms with E-state index < -0.39 is 0 Å². The minimum atomic E-state index is 0. The summed E-state index contributed by atoms with van der Waals surface area (Å²) < 4.78 is 0. The Hall–Kier alpha value is -3.15.